The van der Waals surface area contributed by atoms with Crippen molar-refractivity contribution in [1.29, 1.82) is 0 Å². The van der Waals surface area contributed by atoms with Gasteiger partial charge in [-0.05, 0) is 36.2 Å². The number of carbonyl (C=O) groups excluding carboxylic acids is 1. The Hall–Kier alpha value is -2.93. The molecular formula is C22H25N3O3S. The van der Waals surface area contributed by atoms with Gasteiger partial charge in [-0.2, -0.15) is 0 Å². The van der Waals surface area contributed by atoms with Gasteiger partial charge in [0.1, 0.15) is 5.01 Å². The highest BCUT2D eigenvalue weighted by Gasteiger charge is 2.10. The first-order valence-electron chi connectivity index (χ1n) is 9.60. The second-order valence-electron chi connectivity index (χ2n) is 6.53. The van der Waals surface area contributed by atoms with Crippen LogP contribution >= 0.6 is 11.3 Å². The molecule has 0 aliphatic heterocycles. The largest absolute Gasteiger partial charge is 0.493 e. The molecule has 0 spiro atoms. The highest BCUT2D eigenvalue weighted by atomic mass is 32.1. The van der Waals surface area contributed by atoms with E-state index < -0.39 is 0 Å². The van der Waals surface area contributed by atoms with Gasteiger partial charge in [-0.1, -0.05) is 19.4 Å². The number of amides is 1. The van der Waals surface area contributed by atoms with Gasteiger partial charge in [0, 0.05) is 29.9 Å². The highest BCUT2D eigenvalue weighted by Crippen LogP contribution is 2.28. The number of methoxy groups -OCH3 is 1. The van der Waals surface area contributed by atoms with Gasteiger partial charge >= 0.3 is 0 Å². The second-order valence-corrected chi connectivity index (χ2v) is 7.38. The summed E-state index contributed by atoms with van der Waals surface area (Å²) in [5.41, 5.74) is 2.66. The summed E-state index contributed by atoms with van der Waals surface area (Å²) < 4.78 is 11.2. The number of nitrogens with one attached hydrogen (secondary N) is 1. The lowest BCUT2D eigenvalue weighted by Gasteiger charge is -2.12. The SMILES string of the molecule is CCCCOc1ccc(CNC(=O)Cc2csc(-c3cccnc3)n2)cc1OC. The number of hydrogen-bond acceptors (Lipinski definition) is 6. The fourth-order valence-electron chi connectivity index (χ4n) is 2.71. The normalized spacial score (nSPS) is 10.6. The highest BCUT2D eigenvalue weighted by molar-refractivity contribution is 7.13. The van der Waals surface area contributed by atoms with E-state index in [4.69, 9.17) is 9.47 Å². The molecule has 3 aromatic rings. The van der Waals surface area contributed by atoms with E-state index in [2.05, 4.69) is 22.2 Å². The molecule has 0 bridgehead atoms. The van der Waals surface area contributed by atoms with E-state index in [0.717, 1.165) is 40.4 Å². The molecule has 0 aliphatic carbocycles. The number of pyridine rings is 1. The summed E-state index contributed by atoms with van der Waals surface area (Å²) >= 11 is 1.51. The number of rotatable bonds is 10. The lowest BCUT2D eigenvalue weighted by Crippen LogP contribution is -2.24. The number of hydrogen-bond donors (Lipinski definition) is 1. The molecule has 0 saturated carbocycles. The van der Waals surface area contributed by atoms with Gasteiger partial charge < -0.3 is 14.8 Å². The Kier molecular flexibility index (Phi) is 7.58. The van der Waals surface area contributed by atoms with Crippen LogP contribution in [0, 0.1) is 0 Å². The van der Waals surface area contributed by atoms with E-state index in [1.807, 2.05) is 35.7 Å². The smallest absolute Gasteiger partial charge is 0.226 e. The van der Waals surface area contributed by atoms with Crippen molar-refractivity contribution in [2.24, 2.45) is 0 Å². The van der Waals surface area contributed by atoms with Crippen molar-refractivity contribution in [3.63, 3.8) is 0 Å². The van der Waals surface area contributed by atoms with Crippen molar-refractivity contribution in [2.75, 3.05) is 13.7 Å². The third-order valence-corrected chi connectivity index (χ3v) is 5.22. The molecule has 0 saturated heterocycles. The average Bonchev–Trinajstić information content (AvgIpc) is 3.22. The minimum Gasteiger partial charge on any atom is -0.493 e. The Morgan fingerprint density at radius 2 is 2.14 bits per heavy atom. The molecule has 0 unspecified atom stereocenters. The number of nitrogens with zero attached hydrogens (tertiary/aromatic N) is 2. The first-order chi connectivity index (χ1) is 14.2. The van der Waals surface area contributed by atoms with Crippen molar-refractivity contribution in [3.8, 4) is 22.1 Å². The lowest BCUT2D eigenvalue weighted by molar-refractivity contribution is -0.120. The minimum absolute atomic E-state index is 0.0738. The maximum Gasteiger partial charge on any atom is 0.226 e. The maximum atomic E-state index is 12.3. The molecule has 6 nitrogen and oxygen atoms in total. The predicted molar refractivity (Wildman–Crippen MR) is 114 cm³/mol. The van der Waals surface area contributed by atoms with Gasteiger partial charge in [-0.25, -0.2) is 4.98 Å². The molecule has 1 N–H and O–H groups in total. The first kappa shape index (κ1) is 20.8. The van der Waals surface area contributed by atoms with Crippen LogP contribution in [-0.4, -0.2) is 29.6 Å². The van der Waals surface area contributed by atoms with Crippen LogP contribution in [0.15, 0.2) is 48.1 Å². The molecule has 0 radical (unpaired) electrons. The number of aromatic nitrogens is 2. The van der Waals surface area contributed by atoms with E-state index >= 15 is 0 Å². The van der Waals surface area contributed by atoms with Gasteiger partial charge in [0.05, 0.1) is 25.8 Å². The first-order valence-corrected chi connectivity index (χ1v) is 10.5. The summed E-state index contributed by atoms with van der Waals surface area (Å²) in [5, 5.41) is 5.71. The van der Waals surface area contributed by atoms with E-state index in [1.165, 1.54) is 11.3 Å². The van der Waals surface area contributed by atoms with Crippen LogP contribution < -0.4 is 14.8 Å². The maximum absolute atomic E-state index is 12.3. The number of unbranched alkanes of at least 4 members (excludes halogenated alkanes) is 1. The van der Waals surface area contributed by atoms with Crippen LogP contribution in [0.4, 0.5) is 0 Å². The van der Waals surface area contributed by atoms with E-state index in [9.17, 15) is 4.79 Å². The molecule has 152 valence electrons. The topological polar surface area (TPSA) is 73.3 Å². The van der Waals surface area contributed by atoms with Crippen LogP contribution in [0.1, 0.15) is 31.0 Å². The molecule has 0 fully saturated rings. The minimum atomic E-state index is -0.0738. The lowest BCUT2D eigenvalue weighted by atomic mass is 10.2. The quantitative estimate of drug-likeness (QED) is 0.505. The third-order valence-electron chi connectivity index (χ3n) is 4.28. The number of carbonyl (C=O) groups is 1. The van der Waals surface area contributed by atoms with Crippen LogP contribution in [0.25, 0.3) is 10.6 Å². The monoisotopic (exact) mass is 411 g/mol. The van der Waals surface area contributed by atoms with Gasteiger partial charge in [-0.15, -0.1) is 11.3 Å². The molecule has 0 aliphatic rings. The summed E-state index contributed by atoms with van der Waals surface area (Å²) in [4.78, 5) is 20.9. The molecule has 2 aromatic heterocycles. The van der Waals surface area contributed by atoms with Gasteiger partial charge in [-0.3, -0.25) is 9.78 Å². The van der Waals surface area contributed by atoms with Crippen molar-refractivity contribution >= 4 is 17.2 Å². The summed E-state index contributed by atoms with van der Waals surface area (Å²) in [6.07, 6.45) is 5.82. The van der Waals surface area contributed by atoms with Crippen LogP contribution in [0.5, 0.6) is 11.5 Å². The summed E-state index contributed by atoms with van der Waals surface area (Å²) in [6.45, 7) is 3.21. The van der Waals surface area contributed by atoms with Crippen molar-refractivity contribution < 1.29 is 14.3 Å². The Bertz CT molecular complexity index is 928. The molecule has 2 heterocycles. The van der Waals surface area contributed by atoms with Crippen LogP contribution in [0.2, 0.25) is 0 Å². The standard InChI is InChI=1S/C22H25N3O3S/c1-3-4-10-28-19-8-7-16(11-20(19)27-2)13-24-21(26)12-18-15-29-22(25-18)17-6-5-9-23-14-17/h5-9,11,14-15H,3-4,10,12-13H2,1-2H3,(H,24,26). The summed E-state index contributed by atoms with van der Waals surface area (Å²) in [5.74, 6) is 1.32. The molecule has 3 rings (SSSR count). The van der Waals surface area contributed by atoms with Crippen molar-refractivity contribution in [1.82, 2.24) is 15.3 Å². The Labute approximate surface area is 174 Å². The number of ether oxygens (including phenoxy) is 2. The van der Waals surface area contributed by atoms with Crippen LogP contribution in [-0.2, 0) is 17.8 Å². The zero-order valence-corrected chi connectivity index (χ0v) is 17.5. The molecule has 29 heavy (non-hydrogen) atoms. The molecule has 1 amide bonds. The summed E-state index contributed by atoms with van der Waals surface area (Å²) in [6, 6.07) is 9.55. The zero-order chi connectivity index (χ0) is 20.5. The zero-order valence-electron chi connectivity index (χ0n) is 16.7. The van der Waals surface area contributed by atoms with Crippen molar-refractivity contribution in [2.45, 2.75) is 32.7 Å². The van der Waals surface area contributed by atoms with Gasteiger partial charge in [0.2, 0.25) is 5.91 Å². The average molecular weight is 412 g/mol. The third kappa shape index (κ3) is 6.02. The second kappa shape index (κ2) is 10.6. The fourth-order valence-corrected chi connectivity index (χ4v) is 3.52. The van der Waals surface area contributed by atoms with Gasteiger partial charge in [0.25, 0.3) is 0 Å². The summed E-state index contributed by atoms with van der Waals surface area (Å²) in [7, 11) is 1.62. The van der Waals surface area contributed by atoms with E-state index in [0.29, 0.717) is 18.9 Å². The molecule has 0 atom stereocenters. The van der Waals surface area contributed by atoms with Gasteiger partial charge in [0.15, 0.2) is 11.5 Å². The van der Waals surface area contributed by atoms with Crippen LogP contribution in [0.3, 0.4) is 0 Å². The Morgan fingerprint density at radius 3 is 2.90 bits per heavy atom. The Morgan fingerprint density at radius 1 is 1.24 bits per heavy atom. The van der Waals surface area contributed by atoms with Crippen molar-refractivity contribution in [3.05, 3.63) is 59.4 Å². The Balaban J connectivity index is 1.53. The molecule has 7 heteroatoms. The number of thiazole rings is 1. The fraction of sp³-hybridized carbons (Fsp3) is 0.318. The molecule has 1 aromatic carbocycles. The van der Waals surface area contributed by atoms with E-state index in [1.54, 1.807) is 19.5 Å². The number of benzene rings is 1. The molecular weight excluding hydrogens is 386 g/mol. The van der Waals surface area contributed by atoms with E-state index in [-0.39, 0.29) is 12.3 Å². The predicted octanol–water partition coefficient (Wildman–Crippen LogP) is 4.25.